The van der Waals surface area contributed by atoms with Crippen LogP contribution in [0.2, 0.25) is 5.02 Å². The highest BCUT2D eigenvalue weighted by Gasteiger charge is 2.29. The minimum Gasteiger partial charge on any atom is -0.314 e. The lowest BCUT2D eigenvalue weighted by Gasteiger charge is -2.36. The minimum absolute atomic E-state index is 0.734. The van der Waals surface area contributed by atoms with E-state index in [4.69, 9.17) is 11.6 Å². The van der Waals surface area contributed by atoms with Crippen LogP contribution in [0.15, 0.2) is 24.3 Å². The average Bonchev–Trinajstić information content (AvgIpc) is 2.28. The van der Waals surface area contributed by atoms with Crippen LogP contribution in [0.3, 0.4) is 0 Å². The first kappa shape index (κ1) is 13.3. The molecule has 1 nitrogen and oxygen atoms in total. The van der Waals surface area contributed by atoms with Gasteiger partial charge in [-0.05, 0) is 61.4 Å². The molecule has 0 saturated heterocycles. The number of nitrogens with one attached hydrogen (secondary N) is 1. The molecule has 1 fully saturated rings. The lowest BCUT2D eigenvalue weighted by Crippen LogP contribution is -2.40. The number of benzene rings is 1. The molecule has 3 heteroatoms. The van der Waals surface area contributed by atoms with E-state index in [1.807, 2.05) is 23.9 Å². The van der Waals surface area contributed by atoms with Gasteiger partial charge in [0, 0.05) is 11.1 Å². The second-order valence-corrected chi connectivity index (χ2v) is 6.14. The van der Waals surface area contributed by atoms with Gasteiger partial charge in [0.2, 0.25) is 0 Å². The minimum atomic E-state index is 0.734. The SMILES string of the molecule is CSCCCNC1CC(c2ccc(Cl)cc2)C1. The molecule has 0 amide bonds. The highest BCUT2D eigenvalue weighted by molar-refractivity contribution is 7.98. The van der Waals surface area contributed by atoms with Crippen LogP contribution in [-0.2, 0) is 0 Å². The maximum Gasteiger partial charge on any atom is 0.0406 e. The molecule has 94 valence electrons. The summed E-state index contributed by atoms with van der Waals surface area (Å²) < 4.78 is 0. The first-order valence-corrected chi connectivity index (χ1v) is 8.04. The summed E-state index contributed by atoms with van der Waals surface area (Å²) in [5, 5.41) is 4.46. The van der Waals surface area contributed by atoms with E-state index in [1.54, 1.807) is 0 Å². The maximum absolute atomic E-state index is 5.89. The molecule has 0 radical (unpaired) electrons. The zero-order chi connectivity index (χ0) is 12.1. The number of halogens is 1. The average molecular weight is 270 g/mol. The van der Waals surface area contributed by atoms with Gasteiger partial charge in [-0.25, -0.2) is 0 Å². The van der Waals surface area contributed by atoms with Gasteiger partial charge >= 0.3 is 0 Å². The molecule has 0 heterocycles. The van der Waals surface area contributed by atoms with E-state index in [0.717, 1.165) is 17.0 Å². The predicted octanol–water partition coefficient (Wildman–Crippen LogP) is 3.93. The Labute approximate surface area is 113 Å². The standard InChI is InChI=1S/C14H20ClNS/c1-17-8-2-7-16-14-9-12(10-14)11-3-5-13(15)6-4-11/h3-6,12,14,16H,2,7-10H2,1H3. The lowest BCUT2D eigenvalue weighted by atomic mass is 9.76. The van der Waals surface area contributed by atoms with Gasteiger partial charge in [-0.15, -0.1) is 0 Å². The third-order valence-electron chi connectivity index (χ3n) is 3.44. The molecule has 0 unspecified atom stereocenters. The molecule has 0 bridgehead atoms. The van der Waals surface area contributed by atoms with Gasteiger partial charge in [-0.3, -0.25) is 0 Å². The summed E-state index contributed by atoms with van der Waals surface area (Å²) in [6, 6.07) is 9.05. The summed E-state index contributed by atoms with van der Waals surface area (Å²) in [6.45, 7) is 1.17. The largest absolute Gasteiger partial charge is 0.314 e. The second-order valence-electron chi connectivity index (χ2n) is 4.72. The molecule has 1 N–H and O–H groups in total. The molecule has 2 rings (SSSR count). The van der Waals surface area contributed by atoms with Crippen LogP contribution < -0.4 is 5.32 Å². The molecule has 17 heavy (non-hydrogen) atoms. The fraction of sp³-hybridized carbons (Fsp3) is 0.571. The van der Waals surface area contributed by atoms with Crippen molar-refractivity contribution in [3.05, 3.63) is 34.9 Å². The van der Waals surface area contributed by atoms with E-state index in [2.05, 4.69) is 23.7 Å². The summed E-state index contributed by atoms with van der Waals surface area (Å²) in [5.74, 6) is 2.01. The van der Waals surface area contributed by atoms with Crippen molar-refractivity contribution in [3.8, 4) is 0 Å². The van der Waals surface area contributed by atoms with E-state index in [9.17, 15) is 0 Å². The summed E-state index contributed by atoms with van der Waals surface area (Å²) >= 11 is 7.82. The normalized spacial score (nSPS) is 23.4. The fourth-order valence-corrected chi connectivity index (χ4v) is 2.87. The van der Waals surface area contributed by atoms with Crippen molar-refractivity contribution in [2.24, 2.45) is 0 Å². The van der Waals surface area contributed by atoms with E-state index in [1.165, 1.54) is 37.1 Å². The molecule has 0 spiro atoms. The first-order valence-electron chi connectivity index (χ1n) is 6.27. The number of rotatable bonds is 6. The molecule has 0 aliphatic heterocycles. The molecular weight excluding hydrogens is 250 g/mol. The molecule has 0 aromatic heterocycles. The van der Waals surface area contributed by atoms with Crippen LogP contribution in [0.1, 0.15) is 30.7 Å². The number of hydrogen-bond donors (Lipinski definition) is 1. The van der Waals surface area contributed by atoms with Crippen molar-refractivity contribution in [1.82, 2.24) is 5.32 Å². The molecule has 1 aliphatic carbocycles. The van der Waals surface area contributed by atoms with Gasteiger partial charge in [0.15, 0.2) is 0 Å². The smallest absolute Gasteiger partial charge is 0.0406 e. The topological polar surface area (TPSA) is 12.0 Å². The summed E-state index contributed by atoms with van der Waals surface area (Å²) in [7, 11) is 0. The third-order valence-corrected chi connectivity index (χ3v) is 4.39. The molecule has 1 saturated carbocycles. The maximum atomic E-state index is 5.89. The van der Waals surface area contributed by atoms with Crippen molar-refractivity contribution in [3.63, 3.8) is 0 Å². The molecule has 1 aromatic carbocycles. The molecule has 1 aromatic rings. The van der Waals surface area contributed by atoms with Crippen LogP contribution in [-0.4, -0.2) is 24.6 Å². The first-order chi connectivity index (χ1) is 8.29. The van der Waals surface area contributed by atoms with Crippen molar-refractivity contribution >= 4 is 23.4 Å². The van der Waals surface area contributed by atoms with Gasteiger partial charge in [0.05, 0.1) is 0 Å². The van der Waals surface area contributed by atoms with Gasteiger partial charge < -0.3 is 5.32 Å². The van der Waals surface area contributed by atoms with E-state index >= 15 is 0 Å². The monoisotopic (exact) mass is 269 g/mol. The Hall–Kier alpha value is -0.180. The summed E-state index contributed by atoms with van der Waals surface area (Å²) in [5.41, 5.74) is 1.44. The Kier molecular flexibility index (Phi) is 5.20. The third kappa shape index (κ3) is 3.90. The highest BCUT2D eigenvalue weighted by Crippen LogP contribution is 2.37. The fourth-order valence-electron chi connectivity index (χ4n) is 2.31. The molecule has 0 atom stereocenters. The molecular formula is C14H20ClNS. The van der Waals surface area contributed by atoms with E-state index in [0.29, 0.717) is 0 Å². The second kappa shape index (κ2) is 6.67. The van der Waals surface area contributed by atoms with Gasteiger partial charge in [-0.2, -0.15) is 11.8 Å². The Balaban J connectivity index is 1.66. The van der Waals surface area contributed by atoms with Crippen LogP contribution in [0.4, 0.5) is 0 Å². The van der Waals surface area contributed by atoms with Gasteiger partial charge in [0.1, 0.15) is 0 Å². The van der Waals surface area contributed by atoms with Gasteiger partial charge in [-0.1, -0.05) is 23.7 Å². The van der Waals surface area contributed by atoms with Crippen LogP contribution >= 0.6 is 23.4 Å². The zero-order valence-corrected chi connectivity index (χ0v) is 11.9. The van der Waals surface area contributed by atoms with Crippen LogP contribution in [0, 0.1) is 0 Å². The van der Waals surface area contributed by atoms with Gasteiger partial charge in [0.25, 0.3) is 0 Å². The van der Waals surface area contributed by atoms with E-state index in [-0.39, 0.29) is 0 Å². The Morgan fingerprint density at radius 2 is 2.00 bits per heavy atom. The van der Waals surface area contributed by atoms with Crippen molar-refractivity contribution < 1.29 is 0 Å². The molecule has 1 aliphatic rings. The quantitative estimate of drug-likeness (QED) is 0.786. The summed E-state index contributed by atoms with van der Waals surface area (Å²) in [6.07, 6.45) is 6.00. The Bertz CT molecular complexity index is 333. The number of thioether (sulfide) groups is 1. The van der Waals surface area contributed by atoms with Crippen molar-refractivity contribution in [1.29, 1.82) is 0 Å². The highest BCUT2D eigenvalue weighted by atomic mass is 35.5. The van der Waals surface area contributed by atoms with Crippen molar-refractivity contribution in [2.45, 2.75) is 31.2 Å². The van der Waals surface area contributed by atoms with E-state index < -0.39 is 0 Å². The predicted molar refractivity (Wildman–Crippen MR) is 78.2 cm³/mol. The zero-order valence-electron chi connectivity index (χ0n) is 10.3. The summed E-state index contributed by atoms with van der Waals surface area (Å²) in [4.78, 5) is 0. The van der Waals surface area contributed by atoms with Crippen LogP contribution in [0.5, 0.6) is 0 Å². The Morgan fingerprint density at radius 3 is 2.65 bits per heavy atom. The van der Waals surface area contributed by atoms with Crippen LogP contribution in [0.25, 0.3) is 0 Å². The number of hydrogen-bond acceptors (Lipinski definition) is 2. The lowest BCUT2D eigenvalue weighted by molar-refractivity contribution is 0.292. The van der Waals surface area contributed by atoms with Crippen molar-refractivity contribution in [2.75, 3.05) is 18.6 Å². The Morgan fingerprint density at radius 1 is 1.29 bits per heavy atom.